The van der Waals surface area contributed by atoms with Crippen LogP contribution in [0, 0.1) is 6.92 Å². The molecule has 1 fully saturated rings. The first-order valence-corrected chi connectivity index (χ1v) is 9.38. The van der Waals surface area contributed by atoms with Gasteiger partial charge in [0.05, 0.1) is 7.11 Å². The number of halogens is 1. The number of anilines is 1. The predicted molar refractivity (Wildman–Crippen MR) is 108 cm³/mol. The number of carbonyl (C=O) groups excluding carboxylic acids is 3. The van der Waals surface area contributed by atoms with Gasteiger partial charge in [-0.3, -0.25) is 14.5 Å². The fraction of sp³-hybridized carbons (Fsp3) is 0.250. The molecule has 2 N–H and O–H groups in total. The number of amides is 4. The topological polar surface area (TPSA) is 87.7 Å². The molecule has 1 aliphatic rings. The number of hydrogen-bond donors (Lipinski definition) is 2. The van der Waals surface area contributed by atoms with Crippen LogP contribution < -0.4 is 15.4 Å². The molecule has 0 radical (unpaired) electrons. The Balaban J connectivity index is 1.76. The van der Waals surface area contributed by atoms with Crippen LogP contribution in [-0.4, -0.2) is 36.4 Å². The zero-order chi connectivity index (χ0) is 20.5. The fourth-order valence-corrected chi connectivity index (χ4v) is 3.37. The molecular weight excluding hydrogens is 426 g/mol. The third-order valence-corrected chi connectivity index (χ3v) is 5.21. The highest BCUT2D eigenvalue weighted by Crippen LogP contribution is 2.31. The standard InChI is InChI=1S/C20H20BrN3O4/c1-12-10-13(4-9-16(12)28-3)20(2)18(26)24(19(27)23-20)11-17(25)22-15-7-5-14(21)6-8-15/h4-10H,11H2,1-3H3,(H,22,25)(H,23,27). The summed E-state index contributed by atoms with van der Waals surface area (Å²) in [6, 6.07) is 11.7. The van der Waals surface area contributed by atoms with Crippen LogP contribution in [0.25, 0.3) is 0 Å². The Labute approximate surface area is 171 Å². The first kappa shape index (κ1) is 19.9. The highest BCUT2D eigenvalue weighted by molar-refractivity contribution is 9.10. The zero-order valence-electron chi connectivity index (χ0n) is 15.7. The number of nitrogens with zero attached hydrogens (tertiary/aromatic N) is 1. The molecule has 8 heteroatoms. The van der Waals surface area contributed by atoms with Crippen LogP contribution in [0.1, 0.15) is 18.1 Å². The van der Waals surface area contributed by atoms with Gasteiger partial charge in [0, 0.05) is 10.2 Å². The van der Waals surface area contributed by atoms with Crippen LogP contribution in [-0.2, 0) is 15.1 Å². The van der Waals surface area contributed by atoms with E-state index in [1.165, 1.54) is 0 Å². The predicted octanol–water partition coefficient (Wildman–Crippen LogP) is 3.17. The maximum Gasteiger partial charge on any atom is 0.325 e. The van der Waals surface area contributed by atoms with Crippen molar-refractivity contribution < 1.29 is 19.1 Å². The molecule has 28 heavy (non-hydrogen) atoms. The van der Waals surface area contributed by atoms with Gasteiger partial charge in [0.15, 0.2) is 0 Å². The van der Waals surface area contributed by atoms with Crippen LogP contribution in [0.5, 0.6) is 5.75 Å². The summed E-state index contributed by atoms with van der Waals surface area (Å²) in [5.41, 5.74) is 0.801. The molecule has 1 saturated heterocycles. The smallest absolute Gasteiger partial charge is 0.325 e. The van der Waals surface area contributed by atoms with E-state index in [4.69, 9.17) is 4.74 Å². The Morgan fingerprint density at radius 2 is 1.89 bits per heavy atom. The summed E-state index contributed by atoms with van der Waals surface area (Å²) in [5, 5.41) is 5.38. The quantitative estimate of drug-likeness (QED) is 0.691. The van der Waals surface area contributed by atoms with Crippen molar-refractivity contribution in [2.24, 2.45) is 0 Å². The van der Waals surface area contributed by atoms with E-state index in [1.807, 2.05) is 6.92 Å². The van der Waals surface area contributed by atoms with Gasteiger partial charge in [0.2, 0.25) is 5.91 Å². The van der Waals surface area contributed by atoms with Crippen molar-refractivity contribution in [3.8, 4) is 5.75 Å². The average molecular weight is 446 g/mol. The summed E-state index contributed by atoms with van der Waals surface area (Å²) < 4.78 is 6.12. The Morgan fingerprint density at radius 3 is 2.50 bits per heavy atom. The second kappa shape index (κ2) is 7.63. The molecule has 1 aliphatic heterocycles. The largest absolute Gasteiger partial charge is 0.496 e. The summed E-state index contributed by atoms with van der Waals surface area (Å²) in [5.74, 6) is -0.246. The van der Waals surface area contributed by atoms with Gasteiger partial charge < -0.3 is 15.4 Å². The molecule has 0 saturated carbocycles. The highest BCUT2D eigenvalue weighted by Gasteiger charge is 2.49. The number of ether oxygens (including phenoxy) is 1. The van der Waals surface area contributed by atoms with Crippen molar-refractivity contribution in [2.45, 2.75) is 19.4 Å². The molecule has 1 heterocycles. The van der Waals surface area contributed by atoms with Crippen LogP contribution in [0.4, 0.5) is 10.5 Å². The second-order valence-electron chi connectivity index (χ2n) is 6.69. The molecule has 2 aromatic carbocycles. The number of urea groups is 1. The summed E-state index contributed by atoms with van der Waals surface area (Å²) in [4.78, 5) is 38.6. The van der Waals surface area contributed by atoms with Crippen LogP contribution in [0.3, 0.4) is 0 Å². The fourth-order valence-electron chi connectivity index (χ4n) is 3.10. The molecule has 146 valence electrons. The number of benzene rings is 2. The molecule has 4 amide bonds. The number of rotatable bonds is 5. The van der Waals surface area contributed by atoms with Crippen LogP contribution in [0.15, 0.2) is 46.9 Å². The number of aryl methyl sites for hydroxylation is 1. The van der Waals surface area contributed by atoms with E-state index in [1.54, 1.807) is 56.5 Å². The lowest BCUT2D eigenvalue weighted by molar-refractivity contribution is -0.133. The van der Waals surface area contributed by atoms with Gasteiger partial charge in [-0.1, -0.05) is 22.0 Å². The number of methoxy groups -OCH3 is 1. The lowest BCUT2D eigenvalue weighted by atomic mass is 9.90. The maximum absolute atomic E-state index is 13.0. The third kappa shape index (κ3) is 3.73. The van der Waals surface area contributed by atoms with E-state index in [0.717, 1.165) is 14.9 Å². The van der Waals surface area contributed by atoms with E-state index < -0.39 is 23.4 Å². The van der Waals surface area contributed by atoms with E-state index in [2.05, 4.69) is 26.6 Å². The third-order valence-electron chi connectivity index (χ3n) is 4.68. The van der Waals surface area contributed by atoms with E-state index in [9.17, 15) is 14.4 Å². The van der Waals surface area contributed by atoms with Gasteiger partial charge in [-0.2, -0.15) is 0 Å². The summed E-state index contributed by atoms with van der Waals surface area (Å²) in [6.45, 7) is 3.11. The molecule has 7 nitrogen and oxygen atoms in total. The maximum atomic E-state index is 13.0. The first-order chi connectivity index (χ1) is 13.2. The van der Waals surface area contributed by atoms with Gasteiger partial charge in [0.1, 0.15) is 17.8 Å². The van der Waals surface area contributed by atoms with Gasteiger partial charge in [-0.25, -0.2) is 4.79 Å². The Hall–Kier alpha value is -2.87. The number of nitrogens with one attached hydrogen (secondary N) is 2. The second-order valence-corrected chi connectivity index (χ2v) is 7.60. The van der Waals surface area contributed by atoms with Gasteiger partial charge in [-0.05, 0) is 61.4 Å². The van der Waals surface area contributed by atoms with Crippen molar-refractivity contribution in [3.05, 3.63) is 58.1 Å². The van der Waals surface area contributed by atoms with Crippen molar-refractivity contribution in [1.82, 2.24) is 10.2 Å². The Kier molecular flexibility index (Phi) is 5.42. The molecule has 3 rings (SSSR count). The van der Waals surface area contributed by atoms with Gasteiger partial charge in [0.25, 0.3) is 5.91 Å². The molecule has 1 unspecified atom stereocenters. The SMILES string of the molecule is COc1ccc(C2(C)NC(=O)N(CC(=O)Nc3ccc(Br)cc3)C2=O)cc1C. The lowest BCUT2D eigenvalue weighted by Crippen LogP contribution is -2.42. The molecule has 0 aromatic heterocycles. The summed E-state index contributed by atoms with van der Waals surface area (Å²) >= 11 is 3.32. The molecule has 0 aliphatic carbocycles. The monoisotopic (exact) mass is 445 g/mol. The minimum Gasteiger partial charge on any atom is -0.496 e. The number of imide groups is 1. The minimum absolute atomic E-state index is 0.370. The first-order valence-electron chi connectivity index (χ1n) is 8.59. The number of hydrogen-bond acceptors (Lipinski definition) is 4. The van der Waals surface area contributed by atoms with E-state index in [-0.39, 0.29) is 6.54 Å². The number of carbonyl (C=O) groups is 3. The van der Waals surface area contributed by atoms with Crippen LogP contribution >= 0.6 is 15.9 Å². The summed E-state index contributed by atoms with van der Waals surface area (Å²) in [7, 11) is 1.57. The molecule has 2 aromatic rings. The van der Waals surface area contributed by atoms with Crippen molar-refractivity contribution >= 4 is 39.5 Å². The summed E-state index contributed by atoms with van der Waals surface area (Å²) in [6.07, 6.45) is 0. The molecule has 0 spiro atoms. The zero-order valence-corrected chi connectivity index (χ0v) is 17.3. The minimum atomic E-state index is -1.24. The van der Waals surface area contributed by atoms with Crippen LogP contribution in [0.2, 0.25) is 0 Å². The van der Waals surface area contributed by atoms with Gasteiger partial charge >= 0.3 is 6.03 Å². The average Bonchev–Trinajstić information content (AvgIpc) is 2.87. The normalized spacial score (nSPS) is 18.8. The van der Waals surface area contributed by atoms with Gasteiger partial charge in [-0.15, -0.1) is 0 Å². The molecule has 1 atom stereocenters. The Morgan fingerprint density at radius 1 is 1.21 bits per heavy atom. The van der Waals surface area contributed by atoms with E-state index >= 15 is 0 Å². The van der Waals surface area contributed by atoms with Crippen molar-refractivity contribution in [3.63, 3.8) is 0 Å². The molecule has 0 bridgehead atoms. The lowest BCUT2D eigenvalue weighted by Gasteiger charge is -2.23. The van der Waals surface area contributed by atoms with E-state index in [0.29, 0.717) is 17.0 Å². The Bertz CT molecular complexity index is 945. The van der Waals surface area contributed by atoms with Crippen molar-refractivity contribution in [2.75, 3.05) is 19.0 Å². The molecular formula is C20H20BrN3O4. The highest BCUT2D eigenvalue weighted by atomic mass is 79.9. The van der Waals surface area contributed by atoms with Crippen molar-refractivity contribution in [1.29, 1.82) is 0 Å².